The topological polar surface area (TPSA) is 83.7 Å². The van der Waals surface area contributed by atoms with Crippen molar-refractivity contribution in [3.05, 3.63) is 6.33 Å². The predicted molar refractivity (Wildman–Crippen MR) is 71.3 cm³/mol. The van der Waals surface area contributed by atoms with Crippen LogP contribution in [-0.2, 0) is 0 Å². The molecule has 1 saturated heterocycles. The van der Waals surface area contributed by atoms with Crippen molar-refractivity contribution in [3.8, 4) is 0 Å². The Bertz CT molecular complexity index is 573. The molecule has 2 aromatic rings. The second-order valence-electron chi connectivity index (χ2n) is 5.70. The van der Waals surface area contributed by atoms with Gasteiger partial charge in [0.1, 0.15) is 5.52 Å². The first-order chi connectivity index (χ1) is 8.55. The van der Waals surface area contributed by atoms with Crippen LogP contribution in [0.1, 0.15) is 26.7 Å². The fourth-order valence-corrected chi connectivity index (χ4v) is 2.67. The number of anilines is 2. The molecule has 0 atom stereocenters. The third kappa shape index (κ3) is 1.87. The highest BCUT2D eigenvalue weighted by atomic mass is 15.2. The Morgan fingerprint density at radius 2 is 2.22 bits per heavy atom. The molecule has 1 aliphatic heterocycles. The summed E-state index contributed by atoms with van der Waals surface area (Å²) < 4.78 is 0. The van der Waals surface area contributed by atoms with Gasteiger partial charge in [-0.2, -0.15) is 9.97 Å². The van der Waals surface area contributed by atoms with Crippen molar-refractivity contribution in [1.29, 1.82) is 0 Å². The summed E-state index contributed by atoms with van der Waals surface area (Å²) in [5.41, 5.74) is 7.58. The molecule has 0 aromatic carbocycles. The number of aromatic nitrogens is 4. The average Bonchev–Trinajstić information content (AvgIpc) is 2.74. The van der Waals surface area contributed by atoms with Gasteiger partial charge in [-0.15, -0.1) is 0 Å². The number of nitrogens with one attached hydrogen (secondary N) is 1. The third-order valence-corrected chi connectivity index (χ3v) is 3.48. The monoisotopic (exact) mass is 246 g/mol. The first kappa shape index (κ1) is 11.3. The number of rotatable bonds is 1. The van der Waals surface area contributed by atoms with Crippen LogP contribution in [-0.4, -0.2) is 33.0 Å². The molecule has 3 heterocycles. The Morgan fingerprint density at radius 3 is 3.00 bits per heavy atom. The standard InChI is InChI=1S/C12H18N6/c1-12(2)4-3-5-18(6-12)10-8-9(15-7-14-8)16-11(13)17-10/h7H,3-6H2,1-2H3,(H3,13,14,15,16,17). The molecule has 0 bridgehead atoms. The van der Waals surface area contributed by atoms with Crippen LogP contribution in [0.3, 0.4) is 0 Å². The van der Waals surface area contributed by atoms with Gasteiger partial charge >= 0.3 is 0 Å². The molecule has 0 saturated carbocycles. The number of nitrogens with two attached hydrogens (primary N) is 1. The van der Waals surface area contributed by atoms with Crippen molar-refractivity contribution in [2.75, 3.05) is 23.7 Å². The maximum atomic E-state index is 5.76. The van der Waals surface area contributed by atoms with Gasteiger partial charge in [-0.1, -0.05) is 13.8 Å². The van der Waals surface area contributed by atoms with Gasteiger partial charge in [-0.3, -0.25) is 0 Å². The Morgan fingerprint density at radius 1 is 1.39 bits per heavy atom. The van der Waals surface area contributed by atoms with Crippen LogP contribution in [0.2, 0.25) is 0 Å². The summed E-state index contributed by atoms with van der Waals surface area (Å²) in [7, 11) is 0. The third-order valence-electron chi connectivity index (χ3n) is 3.48. The molecule has 6 nitrogen and oxygen atoms in total. The number of aromatic amines is 1. The van der Waals surface area contributed by atoms with Crippen molar-refractivity contribution in [1.82, 2.24) is 19.9 Å². The smallest absolute Gasteiger partial charge is 0.224 e. The summed E-state index contributed by atoms with van der Waals surface area (Å²) in [5, 5.41) is 0. The molecule has 18 heavy (non-hydrogen) atoms. The van der Waals surface area contributed by atoms with E-state index < -0.39 is 0 Å². The highest BCUT2D eigenvalue weighted by Crippen LogP contribution is 2.32. The van der Waals surface area contributed by atoms with Crippen LogP contribution in [0, 0.1) is 5.41 Å². The maximum Gasteiger partial charge on any atom is 0.224 e. The highest BCUT2D eigenvalue weighted by Gasteiger charge is 2.28. The SMILES string of the molecule is CC1(C)CCCN(c2nc(N)nc3nc[nH]c23)C1. The fourth-order valence-electron chi connectivity index (χ4n) is 2.67. The van der Waals surface area contributed by atoms with E-state index in [9.17, 15) is 0 Å². The number of hydrogen-bond acceptors (Lipinski definition) is 5. The summed E-state index contributed by atoms with van der Waals surface area (Å²) >= 11 is 0. The minimum absolute atomic E-state index is 0.285. The van der Waals surface area contributed by atoms with Crippen LogP contribution in [0.5, 0.6) is 0 Å². The Kier molecular flexibility index (Phi) is 2.39. The molecule has 3 N–H and O–H groups in total. The van der Waals surface area contributed by atoms with Crippen molar-refractivity contribution >= 4 is 22.9 Å². The summed E-state index contributed by atoms with van der Waals surface area (Å²) in [6, 6.07) is 0. The van der Waals surface area contributed by atoms with E-state index in [0.29, 0.717) is 11.1 Å². The number of piperidine rings is 1. The maximum absolute atomic E-state index is 5.76. The zero-order valence-electron chi connectivity index (χ0n) is 10.8. The lowest BCUT2D eigenvalue weighted by molar-refractivity contribution is 0.292. The quantitative estimate of drug-likeness (QED) is 0.797. The van der Waals surface area contributed by atoms with E-state index in [2.05, 4.69) is 38.7 Å². The molecule has 0 aliphatic carbocycles. The summed E-state index contributed by atoms with van der Waals surface area (Å²) in [6.45, 7) is 6.56. The van der Waals surface area contributed by atoms with Crippen LogP contribution < -0.4 is 10.6 Å². The normalized spacial score (nSPS) is 19.3. The van der Waals surface area contributed by atoms with Gasteiger partial charge in [0.15, 0.2) is 11.5 Å². The van der Waals surface area contributed by atoms with E-state index in [1.807, 2.05) is 0 Å². The molecule has 1 aliphatic rings. The molecular weight excluding hydrogens is 228 g/mol. The number of H-pyrrole nitrogens is 1. The Balaban J connectivity index is 2.05. The van der Waals surface area contributed by atoms with Crippen molar-refractivity contribution in [2.45, 2.75) is 26.7 Å². The first-order valence-corrected chi connectivity index (χ1v) is 6.27. The molecule has 0 spiro atoms. The number of nitrogens with zero attached hydrogens (tertiary/aromatic N) is 4. The Hall–Kier alpha value is -1.85. The van der Waals surface area contributed by atoms with E-state index in [1.54, 1.807) is 6.33 Å². The number of hydrogen-bond donors (Lipinski definition) is 2. The van der Waals surface area contributed by atoms with E-state index in [0.717, 1.165) is 24.4 Å². The molecule has 0 unspecified atom stereocenters. The van der Waals surface area contributed by atoms with Gasteiger partial charge in [0.05, 0.1) is 6.33 Å². The Labute approximate surface area is 106 Å². The number of imidazole rings is 1. The molecule has 0 amide bonds. The van der Waals surface area contributed by atoms with Crippen molar-refractivity contribution in [3.63, 3.8) is 0 Å². The number of fused-ring (bicyclic) bond motifs is 1. The van der Waals surface area contributed by atoms with Gasteiger partial charge in [0.2, 0.25) is 5.95 Å². The molecule has 96 valence electrons. The summed E-state index contributed by atoms with van der Waals surface area (Å²) in [4.78, 5) is 18.1. The minimum atomic E-state index is 0.285. The van der Waals surface area contributed by atoms with Gasteiger partial charge < -0.3 is 15.6 Å². The summed E-state index contributed by atoms with van der Waals surface area (Å²) in [5.74, 6) is 1.16. The van der Waals surface area contributed by atoms with Crippen molar-refractivity contribution < 1.29 is 0 Å². The van der Waals surface area contributed by atoms with Crippen LogP contribution >= 0.6 is 0 Å². The lowest BCUT2D eigenvalue weighted by atomic mass is 9.84. The highest BCUT2D eigenvalue weighted by molar-refractivity contribution is 5.84. The predicted octanol–water partition coefficient (Wildman–Crippen LogP) is 1.56. The van der Waals surface area contributed by atoms with E-state index in [4.69, 9.17) is 5.73 Å². The van der Waals surface area contributed by atoms with Gasteiger partial charge in [0.25, 0.3) is 0 Å². The minimum Gasteiger partial charge on any atom is -0.368 e. The van der Waals surface area contributed by atoms with Crippen LogP contribution in [0.15, 0.2) is 6.33 Å². The second-order valence-corrected chi connectivity index (χ2v) is 5.70. The van der Waals surface area contributed by atoms with Gasteiger partial charge in [-0.25, -0.2) is 4.98 Å². The average molecular weight is 246 g/mol. The van der Waals surface area contributed by atoms with Crippen LogP contribution in [0.4, 0.5) is 11.8 Å². The fraction of sp³-hybridized carbons (Fsp3) is 0.583. The molecule has 2 aromatic heterocycles. The first-order valence-electron chi connectivity index (χ1n) is 6.27. The lowest BCUT2D eigenvalue weighted by Gasteiger charge is -2.38. The van der Waals surface area contributed by atoms with E-state index in [-0.39, 0.29) is 5.95 Å². The second kappa shape index (κ2) is 3.83. The zero-order valence-corrected chi connectivity index (χ0v) is 10.8. The molecule has 6 heteroatoms. The summed E-state index contributed by atoms with van der Waals surface area (Å²) in [6.07, 6.45) is 4.06. The van der Waals surface area contributed by atoms with E-state index in [1.165, 1.54) is 12.8 Å². The number of nitrogen functional groups attached to an aromatic ring is 1. The largest absolute Gasteiger partial charge is 0.368 e. The molecule has 0 radical (unpaired) electrons. The van der Waals surface area contributed by atoms with Gasteiger partial charge in [0, 0.05) is 13.1 Å². The zero-order chi connectivity index (χ0) is 12.8. The molecule has 3 rings (SSSR count). The molecule has 1 fully saturated rings. The lowest BCUT2D eigenvalue weighted by Crippen LogP contribution is -2.40. The molecular formula is C12H18N6. The van der Waals surface area contributed by atoms with Crippen molar-refractivity contribution in [2.24, 2.45) is 5.41 Å². The van der Waals surface area contributed by atoms with Crippen LogP contribution in [0.25, 0.3) is 11.2 Å². The van der Waals surface area contributed by atoms with E-state index >= 15 is 0 Å². The van der Waals surface area contributed by atoms with Gasteiger partial charge in [-0.05, 0) is 18.3 Å².